The predicted octanol–water partition coefficient (Wildman–Crippen LogP) is 3.48. The summed E-state index contributed by atoms with van der Waals surface area (Å²) in [4.78, 5) is 38.3. The molecule has 2 atom stereocenters. The molecular weight excluding hydrogens is 487 g/mol. The second-order valence-electron chi connectivity index (χ2n) is 10.8. The zero-order valence-electron chi connectivity index (χ0n) is 21.4. The summed E-state index contributed by atoms with van der Waals surface area (Å²) in [7, 11) is 0. The van der Waals surface area contributed by atoms with Crippen LogP contribution in [-0.2, 0) is 4.74 Å². The van der Waals surface area contributed by atoms with Crippen molar-refractivity contribution >= 4 is 33.5 Å². The maximum Gasteiger partial charge on any atom is 0.259 e. The van der Waals surface area contributed by atoms with Gasteiger partial charge in [0.15, 0.2) is 0 Å². The molecule has 3 aliphatic heterocycles. The van der Waals surface area contributed by atoms with Crippen molar-refractivity contribution in [2.45, 2.75) is 51.2 Å². The molecule has 196 valence electrons. The summed E-state index contributed by atoms with van der Waals surface area (Å²) in [6.07, 6.45) is 4.16. The number of aromatic nitrogens is 4. The number of carbonyl (C=O) groups excluding carboxylic acids is 1. The minimum atomic E-state index is -0.310. The van der Waals surface area contributed by atoms with Crippen molar-refractivity contribution in [1.82, 2.24) is 24.6 Å². The average Bonchev–Trinajstić information content (AvgIpc) is 3.65. The molecule has 1 N–H and O–H groups in total. The highest BCUT2D eigenvalue weighted by atomic mass is 19.1. The van der Waals surface area contributed by atoms with Crippen LogP contribution in [0.2, 0.25) is 0 Å². The molecule has 3 fully saturated rings. The van der Waals surface area contributed by atoms with E-state index in [0.717, 1.165) is 41.5 Å². The summed E-state index contributed by atoms with van der Waals surface area (Å²) in [5.74, 6) is 0.449. The van der Waals surface area contributed by atoms with E-state index in [-0.39, 0.29) is 35.4 Å². The SMILES string of the molecule is Cc1cc2[nH]c(=O)c3cnn(C4CCOCC4)c3c2cc1C(=O)N1C[C@@H]2C[C@H]1CN2c1ccc(F)c(C)n1. The van der Waals surface area contributed by atoms with Crippen LogP contribution in [0, 0.1) is 19.7 Å². The maximum absolute atomic E-state index is 13.9. The Kier molecular flexibility index (Phi) is 5.30. The van der Waals surface area contributed by atoms with E-state index in [1.165, 1.54) is 6.07 Å². The zero-order chi connectivity index (χ0) is 26.1. The van der Waals surface area contributed by atoms with Gasteiger partial charge in [0.25, 0.3) is 11.5 Å². The van der Waals surface area contributed by atoms with Crippen molar-refractivity contribution < 1.29 is 13.9 Å². The van der Waals surface area contributed by atoms with Crippen LogP contribution in [0.3, 0.4) is 0 Å². The van der Waals surface area contributed by atoms with Crippen LogP contribution in [0.1, 0.15) is 46.9 Å². The number of nitrogens with zero attached hydrogens (tertiary/aromatic N) is 5. The smallest absolute Gasteiger partial charge is 0.259 e. The molecular formula is C28H29FN6O3. The minimum Gasteiger partial charge on any atom is -0.381 e. The Morgan fingerprint density at radius 1 is 1.08 bits per heavy atom. The van der Waals surface area contributed by atoms with Crippen molar-refractivity contribution in [2.24, 2.45) is 0 Å². The van der Waals surface area contributed by atoms with Gasteiger partial charge in [0, 0.05) is 37.3 Å². The molecule has 6 heterocycles. The maximum atomic E-state index is 13.9. The number of hydrogen-bond donors (Lipinski definition) is 1. The summed E-state index contributed by atoms with van der Waals surface area (Å²) in [5, 5.41) is 5.95. The van der Waals surface area contributed by atoms with Crippen molar-refractivity contribution in [3.05, 3.63) is 63.5 Å². The topological polar surface area (TPSA) is 96.3 Å². The Bertz CT molecular complexity index is 1660. The van der Waals surface area contributed by atoms with Crippen LogP contribution in [0.4, 0.5) is 10.2 Å². The van der Waals surface area contributed by atoms with Gasteiger partial charge in [-0.25, -0.2) is 9.37 Å². The van der Waals surface area contributed by atoms with Crippen molar-refractivity contribution in [1.29, 1.82) is 0 Å². The van der Waals surface area contributed by atoms with Crippen LogP contribution in [0.25, 0.3) is 21.8 Å². The van der Waals surface area contributed by atoms with Gasteiger partial charge in [-0.15, -0.1) is 0 Å². The number of piperazine rings is 1. The number of aromatic amines is 1. The van der Waals surface area contributed by atoms with E-state index in [4.69, 9.17) is 4.74 Å². The third-order valence-corrected chi connectivity index (χ3v) is 8.48. The number of likely N-dealkylation sites (tertiary alicyclic amines) is 1. The van der Waals surface area contributed by atoms with E-state index in [0.29, 0.717) is 48.5 Å². The first-order valence-corrected chi connectivity index (χ1v) is 13.2. The molecule has 1 aromatic carbocycles. The Balaban J connectivity index is 1.24. The quantitative estimate of drug-likeness (QED) is 0.448. The van der Waals surface area contributed by atoms with Crippen molar-refractivity contribution in [3.63, 3.8) is 0 Å². The Hall–Kier alpha value is -3.79. The summed E-state index contributed by atoms with van der Waals surface area (Å²) >= 11 is 0. The summed E-state index contributed by atoms with van der Waals surface area (Å²) < 4.78 is 21.2. The largest absolute Gasteiger partial charge is 0.381 e. The number of benzene rings is 1. The van der Waals surface area contributed by atoms with Crippen LogP contribution in [0.15, 0.2) is 35.3 Å². The number of anilines is 1. The highest BCUT2D eigenvalue weighted by Gasteiger charge is 2.46. The summed E-state index contributed by atoms with van der Waals surface area (Å²) in [6.45, 7) is 6.19. The molecule has 0 radical (unpaired) electrons. The van der Waals surface area contributed by atoms with Gasteiger partial charge in [0.2, 0.25) is 0 Å². The minimum absolute atomic E-state index is 0.00345. The van der Waals surface area contributed by atoms with E-state index in [9.17, 15) is 14.0 Å². The highest BCUT2D eigenvalue weighted by molar-refractivity contribution is 6.08. The van der Waals surface area contributed by atoms with E-state index in [1.54, 1.807) is 19.2 Å². The monoisotopic (exact) mass is 516 g/mol. The average molecular weight is 517 g/mol. The molecule has 9 nitrogen and oxygen atoms in total. The van der Waals surface area contributed by atoms with Gasteiger partial charge in [-0.1, -0.05) is 0 Å². The van der Waals surface area contributed by atoms with Gasteiger partial charge in [0.1, 0.15) is 11.6 Å². The highest BCUT2D eigenvalue weighted by Crippen LogP contribution is 2.36. The van der Waals surface area contributed by atoms with Crippen LogP contribution < -0.4 is 10.5 Å². The van der Waals surface area contributed by atoms with Gasteiger partial charge in [-0.3, -0.25) is 14.3 Å². The van der Waals surface area contributed by atoms with E-state index < -0.39 is 0 Å². The van der Waals surface area contributed by atoms with E-state index >= 15 is 0 Å². The number of rotatable bonds is 3. The van der Waals surface area contributed by atoms with Crippen molar-refractivity contribution in [3.8, 4) is 0 Å². The molecule has 0 unspecified atom stereocenters. The number of nitrogens with one attached hydrogen (secondary N) is 1. The lowest BCUT2D eigenvalue weighted by molar-refractivity contribution is 0.0675. The lowest BCUT2D eigenvalue weighted by Crippen LogP contribution is -2.49. The number of fused-ring (bicyclic) bond motifs is 5. The number of halogens is 1. The Labute approximate surface area is 218 Å². The molecule has 0 spiro atoms. The number of hydrogen-bond acceptors (Lipinski definition) is 6. The first-order chi connectivity index (χ1) is 18.4. The number of aryl methyl sites for hydroxylation is 2. The summed E-state index contributed by atoms with van der Waals surface area (Å²) in [6, 6.07) is 7.37. The van der Waals surface area contributed by atoms with Gasteiger partial charge in [-0.2, -0.15) is 5.10 Å². The van der Waals surface area contributed by atoms with Gasteiger partial charge >= 0.3 is 0 Å². The van der Waals surface area contributed by atoms with Crippen LogP contribution in [-0.4, -0.2) is 68.9 Å². The predicted molar refractivity (Wildman–Crippen MR) is 141 cm³/mol. The molecule has 10 heteroatoms. The molecule has 0 aliphatic carbocycles. The van der Waals surface area contributed by atoms with E-state index in [1.807, 2.05) is 28.6 Å². The molecule has 1 amide bonds. The Morgan fingerprint density at radius 2 is 1.89 bits per heavy atom. The molecule has 2 bridgehead atoms. The van der Waals surface area contributed by atoms with E-state index in [2.05, 4.69) is 20.0 Å². The van der Waals surface area contributed by atoms with Crippen molar-refractivity contribution in [2.75, 3.05) is 31.2 Å². The number of amides is 1. The zero-order valence-corrected chi connectivity index (χ0v) is 21.4. The Morgan fingerprint density at radius 3 is 2.63 bits per heavy atom. The molecule has 38 heavy (non-hydrogen) atoms. The number of carbonyl (C=O) groups is 1. The first-order valence-electron chi connectivity index (χ1n) is 13.2. The standard InChI is InChI=1S/C28H29FN6O3/c1-15-9-24-21(26-22(27(36)32-24)12-30-35(26)17-5-7-38-8-6-17)11-20(15)28(37)34-14-18-10-19(34)13-33(18)25-4-3-23(29)16(2)31-25/h3-4,9,11-12,17-19H,5-8,10,13-14H2,1-2H3,(H,32,36)/t18-,19-/m0/s1. The third kappa shape index (κ3) is 3.53. The van der Waals surface area contributed by atoms with Gasteiger partial charge in [0.05, 0.1) is 46.4 Å². The first kappa shape index (κ1) is 23.3. The fourth-order valence-electron chi connectivity index (χ4n) is 6.47. The van der Waals surface area contributed by atoms with Crippen LogP contribution in [0.5, 0.6) is 0 Å². The molecule has 3 aliphatic rings. The fourth-order valence-corrected chi connectivity index (χ4v) is 6.47. The van der Waals surface area contributed by atoms with Gasteiger partial charge < -0.3 is 19.5 Å². The number of ether oxygens (including phenoxy) is 1. The fraction of sp³-hybridized carbons (Fsp3) is 0.429. The summed E-state index contributed by atoms with van der Waals surface area (Å²) in [5.41, 5.74) is 3.15. The van der Waals surface area contributed by atoms with Crippen LogP contribution >= 0.6 is 0 Å². The third-order valence-electron chi connectivity index (χ3n) is 8.48. The molecule has 0 saturated carbocycles. The molecule has 7 rings (SSSR count). The number of pyridine rings is 2. The van der Waals surface area contributed by atoms with Gasteiger partial charge in [-0.05, 0) is 62.9 Å². The second kappa shape index (κ2) is 8.62. The lowest BCUT2D eigenvalue weighted by atomic mass is 10.0. The normalized spacial score (nSPS) is 21.8. The molecule has 4 aromatic rings. The molecule has 3 aromatic heterocycles. The molecule has 3 saturated heterocycles. The lowest BCUT2D eigenvalue weighted by Gasteiger charge is -2.35. The number of H-pyrrole nitrogens is 1. The second-order valence-corrected chi connectivity index (χ2v) is 10.8.